The van der Waals surface area contributed by atoms with Gasteiger partial charge in [0.15, 0.2) is 0 Å². The van der Waals surface area contributed by atoms with Gasteiger partial charge in [0.05, 0.1) is 6.61 Å². The second kappa shape index (κ2) is 9.06. The Morgan fingerprint density at radius 3 is 2.21 bits per heavy atom. The molecule has 0 aliphatic carbocycles. The minimum Gasteiger partial charge on any atom is -0.494 e. The van der Waals surface area contributed by atoms with Crippen molar-refractivity contribution in [3.63, 3.8) is 0 Å². The number of carbonyl (C=O) groups excluding carboxylic acids is 2. The summed E-state index contributed by atoms with van der Waals surface area (Å²) < 4.78 is 5.53. The van der Waals surface area contributed by atoms with Crippen LogP contribution in [0.1, 0.15) is 38.8 Å². The number of amides is 2. The molecule has 0 heterocycles. The zero-order valence-corrected chi connectivity index (χ0v) is 16.8. The van der Waals surface area contributed by atoms with Crippen LogP contribution in [0.2, 0.25) is 0 Å². The molecule has 0 unspecified atom stereocenters. The summed E-state index contributed by atoms with van der Waals surface area (Å²) in [6, 6.07) is 19.8. The fourth-order valence-electron chi connectivity index (χ4n) is 2.93. The molecule has 0 bridgehead atoms. The van der Waals surface area contributed by atoms with Crippen LogP contribution in [0, 0.1) is 13.8 Å². The van der Waals surface area contributed by atoms with E-state index >= 15 is 0 Å². The van der Waals surface area contributed by atoms with E-state index in [9.17, 15) is 9.59 Å². The molecule has 3 rings (SSSR count). The largest absolute Gasteiger partial charge is 0.494 e. The summed E-state index contributed by atoms with van der Waals surface area (Å²) in [5.74, 6) is 0.352. The SMILES string of the molecule is CCOc1ccc(C(=O)Nc2cc(NC(=O)c3ccccc3)ccc2C)cc1C. The van der Waals surface area contributed by atoms with Gasteiger partial charge in [-0.05, 0) is 74.4 Å². The zero-order chi connectivity index (χ0) is 20.8. The van der Waals surface area contributed by atoms with Crippen molar-refractivity contribution in [3.05, 3.63) is 89.0 Å². The lowest BCUT2D eigenvalue weighted by Crippen LogP contribution is -2.15. The molecule has 0 spiro atoms. The van der Waals surface area contributed by atoms with Gasteiger partial charge in [-0.3, -0.25) is 9.59 Å². The molecule has 0 aliphatic heterocycles. The van der Waals surface area contributed by atoms with Crippen LogP contribution in [0.5, 0.6) is 5.75 Å². The predicted octanol–water partition coefficient (Wildman–Crippen LogP) is 5.21. The highest BCUT2D eigenvalue weighted by Gasteiger charge is 2.12. The van der Waals surface area contributed by atoms with Gasteiger partial charge in [0.1, 0.15) is 5.75 Å². The summed E-state index contributed by atoms with van der Waals surface area (Å²) in [4.78, 5) is 25.1. The maximum absolute atomic E-state index is 12.7. The van der Waals surface area contributed by atoms with E-state index in [4.69, 9.17) is 4.74 Å². The number of aryl methyl sites for hydroxylation is 2. The molecular weight excluding hydrogens is 364 g/mol. The molecule has 0 fully saturated rings. The molecule has 148 valence electrons. The summed E-state index contributed by atoms with van der Waals surface area (Å²) >= 11 is 0. The van der Waals surface area contributed by atoms with Crippen LogP contribution in [0.15, 0.2) is 66.7 Å². The lowest BCUT2D eigenvalue weighted by Gasteiger charge is -2.13. The fourth-order valence-corrected chi connectivity index (χ4v) is 2.93. The Hall–Kier alpha value is -3.60. The van der Waals surface area contributed by atoms with Gasteiger partial charge in [-0.25, -0.2) is 0 Å². The number of benzene rings is 3. The molecule has 3 aromatic carbocycles. The molecule has 0 saturated heterocycles. The molecule has 2 amide bonds. The number of nitrogens with one attached hydrogen (secondary N) is 2. The molecule has 5 heteroatoms. The van der Waals surface area contributed by atoms with E-state index in [2.05, 4.69) is 10.6 Å². The Morgan fingerprint density at radius 1 is 0.793 bits per heavy atom. The minimum atomic E-state index is -0.217. The lowest BCUT2D eigenvalue weighted by molar-refractivity contribution is 0.101. The molecule has 2 N–H and O–H groups in total. The quantitative estimate of drug-likeness (QED) is 0.609. The van der Waals surface area contributed by atoms with Gasteiger partial charge in [0.2, 0.25) is 0 Å². The molecule has 0 aliphatic rings. The standard InChI is InChI=1S/C24H24N2O3/c1-4-29-22-13-11-19(14-17(22)3)24(28)26-21-15-20(12-10-16(21)2)25-23(27)18-8-6-5-7-9-18/h5-15H,4H2,1-3H3,(H,25,27)(H,26,28). The van der Waals surface area contributed by atoms with E-state index in [0.717, 1.165) is 16.9 Å². The second-order valence-corrected chi connectivity index (χ2v) is 6.72. The minimum absolute atomic E-state index is 0.200. The normalized spacial score (nSPS) is 10.3. The lowest BCUT2D eigenvalue weighted by atomic mass is 10.1. The number of ether oxygens (including phenoxy) is 1. The highest BCUT2D eigenvalue weighted by Crippen LogP contribution is 2.23. The summed E-state index contributed by atoms with van der Waals surface area (Å²) in [6.07, 6.45) is 0. The number of anilines is 2. The van der Waals surface area contributed by atoms with Gasteiger partial charge in [-0.2, -0.15) is 0 Å². The Kier molecular flexibility index (Phi) is 6.29. The number of rotatable bonds is 6. The van der Waals surface area contributed by atoms with Gasteiger partial charge in [-0.15, -0.1) is 0 Å². The molecule has 0 atom stereocenters. The van der Waals surface area contributed by atoms with Gasteiger partial charge in [0, 0.05) is 22.5 Å². The van der Waals surface area contributed by atoms with Crippen molar-refractivity contribution < 1.29 is 14.3 Å². The van der Waals surface area contributed by atoms with Crippen LogP contribution in [0.3, 0.4) is 0 Å². The van der Waals surface area contributed by atoms with E-state index in [1.807, 2.05) is 51.1 Å². The zero-order valence-electron chi connectivity index (χ0n) is 16.8. The predicted molar refractivity (Wildman–Crippen MR) is 116 cm³/mol. The van der Waals surface area contributed by atoms with Crippen LogP contribution in [0.4, 0.5) is 11.4 Å². The summed E-state index contributed by atoms with van der Waals surface area (Å²) in [5.41, 5.74) is 4.18. The third-order valence-corrected chi connectivity index (χ3v) is 4.52. The van der Waals surface area contributed by atoms with Crippen LogP contribution >= 0.6 is 0 Å². The number of hydrogen-bond donors (Lipinski definition) is 2. The van der Waals surface area contributed by atoms with E-state index in [-0.39, 0.29) is 11.8 Å². The number of carbonyl (C=O) groups is 2. The number of hydrogen-bond acceptors (Lipinski definition) is 3. The van der Waals surface area contributed by atoms with E-state index in [1.165, 1.54) is 0 Å². The monoisotopic (exact) mass is 388 g/mol. The highest BCUT2D eigenvalue weighted by molar-refractivity contribution is 6.06. The molecule has 29 heavy (non-hydrogen) atoms. The Bertz CT molecular complexity index is 1030. The molecule has 0 aromatic heterocycles. The van der Waals surface area contributed by atoms with Crippen molar-refractivity contribution in [1.82, 2.24) is 0 Å². The third kappa shape index (κ3) is 5.02. The van der Waals surface area contributed by atoms with Crippen LogP contribution < -0.4 is 15.4 Å². The molecule has 0 saturated carbocycles. The van der Waals surface area contributed by atoms with Crippen molar-refractivity contribution in [2.75, 3.05) is 17.2 Å². The van der Waals surface area contributed by atoms with Crippen LogP contribution in [-0.4, -0.2) is 18.4 Å². The van der Waals surface area contributed by atoms with Crippen molar-refractivity contribution >= 4 is 23.2 Å². The molecular formula is C24H24N2O3. The molecule has 3 aromatic rings. The van der Waals surface area contributed by atoms with Crippen LogP contribution in [0.25, 0.3) is 0 Å². The first-order valence-corrected chi connectivity index (χ1v) is 9.49. The fraction of sp³-hybridized carbons (Fsp3) is 0.167. The average molecular weight is 388 g/mol. The second-order valence-electron chi connectivity index (χ2n) is 6.72. The summed E-state index contributed by atoms with van der Waals surface area (Å²) in [5, 5.41) is 5.79. The molecule has 5 nitrogen and oxygen atoms in total. The summed E-state index contributed by atoms with van der Waals surface area (Å²) in [6.45, 7) is 6.31. The Morgan fingerprint density at radius 2 is 1.52 bits per heavy atom. The first kappa shape index (κ1) is 20.1. The average Bonchev–Trinajstić information content (AvgIpc) is 2.72. The van der Waals surface area contributed by atoms with Gasteiger partial charge in [-0.1, -0.05) is 24.3 Å². The maximum atomic E-state index is 12.7. The van der Waals surface area contributed by atoms with Gasteiger partial charge >= 0.3 is 0 Å². The van der Waals surface area contributed by atoms with Crippen molar-refractivity contribution in [2.24, 2.45) is 0 Å². The van der Waals surface area contributed by atoms with E-state index in [0.29, 0.717) is 29.1 Å². The third-order valence-electron chi connectivity index (χ3n) is 4.52. The Labute approximate surface area is 170 Å². The van der Waals surface area contributed by atoms with Crippen molar-refractivity contribution in [3.8, 4) is 5.75 Å². The molecule has 0 radical (unpaired) electrons. The topological polar surface area (TPSA) is 67.4 Å². The van der Waals surface area contributed by atoms with Crippen LogP contribution in [-0.2, 0) is 0 Å². The van der Waals surface area contributed by atoms with Crippen molar-refractivity contribution in [2.45, 2.75) is 20.8 Å². The first-order chi connectivity index (χ1) is 14.0. The Balaban J connectivity index is 1.75. The van der Waals surface area contributed by atoms with Crippen molar-refractivity contribution in [1.29, 1.82) is 0 Å². The van der Waals surface area contributed by atoms with Gasteiger partial charge in [0.25, 0.3) is 11.8 Å². The van der Waals surface area contributed by atoms with E-state index in [1.54, 1.807) is 36.4 Å². The smallest absolute Gasteiger partial charge is 0.255 e. The summed E-state index contributed by atoms with van der Waals surface area (Å²) in [7, 11) is 0. The van der Waals surface area contributed by atoms with Gasteiger partial charge < -0.3 is 15.4 Å². The maximum Gasteiger partial charge on any atom is 0.255 e. The highest BCUT2D eigenvalue weighted by atomic mass is 16.5. The first-order valence-electron chi connectivity index (χ1n) is 9.49. The van der Waals surface area contributed by atoms with E-state index < -0.39 is 0 Å².